The molecular formula is C63H43N3O3Pt. The minimum absolute atomic E-state index is 0. The molecule has 6 nitrogen and oxygen atoms in total. The summed E-state index contributed by atoms with van der Waals surface area (Å²) in [7, 11) is 0. The van der Waals surface area contributed by atoms with Crippen LogP contribution in [0.4, 0.5) is 0 Å². The van der Waals surface area contributed by atoms with Crippen molar-refractivity contribution in [1.29, 1.82) is 0 Å². The van der Waals surface area contributed by atoms with Crippen molar-refractivity contribution in [2.24, 2.45) is 0 Å². The fourth-order valence-electron chi connectivity index (χ4n) is 9.36. The maximum Gasteiger partial charge on any atom is 2.00 e. The smallest absolute Gasteiger partial charge is 0.506 e. The number of rotatable bonds is 10. The maximum absolute atomic E-state index is 11.7. The molecule has 0 unspecified atom stereocenters. The van der Waals surface area contributed by atoms with Gasteiger partial charge in [-0.3, -0.25) is 9.55 Å². The summed E-state index contributed by atoms with van der Waals surface area (Å²) in [5, 5.41) is 13.7. The molecule has 0 aliphatic carbocycles. The van der Waals surface area contributed by atoms with Crippen molar-refractivity contribution in [2.75, 3.05) is 0 Å². The SMILES string of the molecule is CC(C)c1ccc(O)c(-n2c3ccc(-c4c(-c5ccccc5)cccc4-c4ccccc4)cc3c3ccc(-c4[c-]c(Oc5[c-]cccc5)c5oc(-c6ccc(-c7ccccc7)cc6)nc5c4)nc32)c1.[Pt+2]. The number of nitrogens with zero attached hydrogens (tertiary/aromatic N) is 3. The largest absolute Gasteiger partial charge is 2.00 e. The third-order valence-electron chi connectivity index (χ3n) is 12.8. The van der Waals surface area contributed by atoms with E-state index in [4.69, 9.17) is 19.1 Å². The van der Waals surface area contributed by atoms with Gasteiger partial charge in [0.2, 0.25) is 5.89 Å². The molecule has 0 saturated heterocycles. The molecule has 9 aromatic carbocycles. The molecule has 0 spiro atoms. The molecule has 338 valence electrons. The van der Waals surface area contributed by atoms with Gasteiger partial charge in [0.15, 0.2) is 0 Å². The third-order valence-corrected chi connectivity index (χ3v) is 12.8. The number of fused-ring (bicyclic) bond motifs is 4. The second-order valence-electron chi connectivity index (χ2n) is 17.5. The monoisotopic (exact) mass is 1080 g/mol. The van der Waals surface area contributed by atoms with Gasteiger partial charge >= 0.3 is 21.1 Å². The summed E-state index contributed by atoms with van der Waals surface area (Å²) in [4.78, 5) is 10.5. The maximum atomic E-state index is 11.7. The van der Waals surface area contributed by atoms with E-state index in [1.54, 1.807) is 6.07 Å². The summed E-state index contributed by atoms with van der Waals surface area (Å²) in [6.07, 6.45) is 0. The average Bonchev–Trinajstić information content (AvgIpc) is 3.99. The normalized spacial score (nSPS) is 11.4. The third kappa shape index (κ3) is 8.16. The van der Waals surface area contributed by atoms with Crippen LogP contribution >= 0.6 is 0 Å². The van der Waals surface area contributed by atoms with Crippen LogP contribution in [0.15, 0.2) is 217 Å². The van der Waals surface area contributed by atoms with Crippen LogP contribution in [-0.2, 0) is 21.1 Å². The Morgan fingerprint density at radius 2 is 1.21 bits per heavy atom. The van der Waals surface area contributed by atoms with Crippen LogP contribution in [0, 0.1) is 12.1 Å². The van der Waals surface area contributed by atoms with Crippen molar-refractivity contribution in [3.8, 4) is 90.2 Å². The first-order valence-electron chi connectivity index (χ1n) is 23.1. The zero-order chi connectivity index (χ0) is 46.4. The van der Waals surface area contributed by atoms with Crippen molar-refractivity contribution in [1.82, 2.24) is 14.5 Å². The van der Waals surface area contributed by atoms with E-state index in [-0.39, 0.29) is 32.7 Å². The molecule has 0 amide bonds. The zero-order valence-electron chi connectivity index (χ0n) is 38.2. The standard InChI is InChI=1S/C63H43N3O3.Pt/c1-40(2)46-31-35-58(67)57(38-46)66-56-34-30-47(60-50(43-18-9-4-10-19-43)24-15-25-51(60)44-20-11-5-12-21-44)36-53(56)52-32-33-54(64-62(52)66)48-37-55-61(59(39-48)68-49-22-13-6-14-23-49)69-63(65-55)45-28-26-42(27-29-45)41-16-7-3-8-17-41;/h3-22,24-38,40,67H,1-2H3;/q-2;+2. The van der Waals surface area contributed by atoms with E-state index in [1.807, 2.05) is 72.8 Å². The Balaban J connectivity index is 0.00000533. The van der Waals surface area contributed by atoms with E-state index < -0.39 is 0 Å². The summed E-state index contributed by atoms with van der Waals surface area (Å²) in [5.74, 6) is 1.73. The van der Waals surface area contributed by atoms with Crippen molar-refractivity contribution < 1.29 is 35.3 Å². The topological polar surface area (TPSA) is 73.3 Å². The van der Waals surface area contributed by atoms with Gasteiger partial charge in [0.25, 0.3) is 0 Å². The number of hydrogen-bond donors (Lipinski definition) is 1. The molecule has 7 heteroatoms. The molecule has 0 radical (unpaired) electrons. The van der Waals surface area contributed by atoms with E-state index in [2.05, 4.69) is 164 Å². The van der Waals surface area contributed by atoms with Crippen LogP contribution in [0.2, 0.25) is 0 Å². The number of phenolic OH excluding ortho intramolecular Hbond substituents is 1. The molecule has 12 rings (SSSR count). The first-order chi connectivity index (χ1) is 33.9. The Hall–Kier alpha value is -8.31. The van der Waals surface area contributed by atoms with Crippen LogP contribution in [0.3, 0.4) is 0 Å². The second kappa shape index (κ2) is 18.6. The van der Waals surface area contributed by atoms with Crippen molar-refractivity contribution in [2.45, 2.75) is 19.8 Å². The predicted molar refractivity (Wildman–Crippen MR) is 279 cm³/mol. The van der Waals surface area contributed by atoms with Gasteiger partial charge in [-0.1, -0.05) is 166 Å². The Labute approximate surface area is 420 Å². The average molecular weight is 1090 g/mol. The molecule has 0 atom stereocenters. The van der Waals surface area contributed by atoms with Crippen LogP contribution in [0.1, 0.15) is 25.3 Å². The Kier molecular flexibility index (Phi) is 11.8. The van der Waals surface area contributed by atoms with Gasteiger partial charge in [0.05, 0.1) is 17.0 Å². The summed E-state index contributed by atoms with van der Waals surface area (Å²) in [5.41, 5.74) is 15.5. The molecule has 12 aromatic rings. The number of phenols is 1. The molecule has 0 fully saturated rings. The first-order valence-corrected chi connectivity index (χ1v) is 23.1. The van der Waals surface area contributed by atoms with Crippen molar-refractivity contribution >= 4 is 33.0 Å². The van der Waals surface area contributed by atoms with E-state index in [0.717, 1.165) is 71.9 Å². The minimum Gasteiger partial charge on any atom is -0.506 e. The number of pyridine rings is 1. The van der Waals surface area contributed by atoms with E-state index >= 15 is 0 Å². The van der Waals surface area contributed by atoms with Gasteiger partial charge in [0, 0.05) is 27.6 Å². The summed E-state index contributed by atoms with van der Waals surface area (Å²) in [6, 6.07) is 78.9. The molecule has 0 aliphatic heterocycles. The van der Waals surface area contributed by atoms with Crippen LogP contribution in [0.5, 0.6) is 17.2 Å². The van der Waals surface area contributed by atoms with Gasteiger partial charge in [0.1, 0.15) is 17.0 Å². The van der Waals surface area contributed by atoms with E-state index in [9.17, 15) is 5.11 Å². The molecule has 3 aromatic heterocycles. The summed E-state index contributed by atoms with van der Waals surface area (Å²) in [6.45, 7) is 4.32. The van der Waals surface area contributed by atoms with E-state index in [1.165, 1.54) is 0 Å². The Bertz CT molecular complexity index is 3770. The van der Waals surface area contributed by atoms with Gasteiger partial charge in [-0.25, -0.2) is 4.98 Å². The molecule has 0 saturated carbocycles. The Morgan fingerprint density at radius 1 is 0.571 bits per heavy atom. The van der Waals surface area contributed by atoms with Gasteiger partial charge in [-0.15, -0.1) is 23.8 Å². The molecule has 3 heterocycles. The minimum atomic E-state index is 0. The number of aromatic hydroxyl groups is 1. The number of oxazole rings is 1. The second-order valence-corrected chi connectivity index (χ2v) is 17.5. The van der Waals surface area contributed by atoms with Crippen molar-refractivity contribution in [3.63, 3.8) is 0 Å². The fraction of sp³-hybridized carbons (Fsp3) is 0.0476. The zero-order valence-corrected chi connectivity index (χ0v) is 40.5. The molecule has 0 aliphatic rings. The number of para-hydroxylation sites is 1. The summed E-state index contributed by atoms with van der Waals surface area (Å²) >= 11 is 0. The molecule has 0 bridgehead atoms. The molecule has 1 N–H and O–H groups in total. The van der Waals surface area contributed by atoms with Crippen LogP contribution in [-0.4, -0.2) is 19.6 Å². The number of hydrogen-bond acceptors (Lipinski definition) is 5. The van der Waals surface area contributed by atoms with Crippen LogP contribution < -0.4 is 4.74 Å². The number of benzene rings is 9. The fourth-order valence-corrected chi connectivity index (χ4v) is 9.36. The quantitative estimate of drug-likeness (QED) is 0.138. The number of ether oxygens (including phenoxy) is 1. The molecular weight excluding hydrogens is 1040 g/mol. The molecule has 70 heavy (non-hydrogen) atoms. The van der Waals surface area contributed by atoms with Gasteiger partial charge in [-0.2, -0.15) is 18.2 Å². The van der Waals surface area contributed by atoms with Gasteiger partial charge < -0.3 is 14.3 Å². The van der Waals surface area contributed by atoms with E-state index in [0.29, 0.717) is 51.1 Å². The van der Waals surface area contributed by atoms with Gasteiger partial charge in [-0.05, 0) is 98.1 Å². The van der Waals surface area contributed by atoms with Crippen molar-refractivity contribution in [3.05, 3.63) is 230 Å². The summed E-state index contributed by atoms with van der Waals surface area (Å²) < 4.78 is 15.1. The predicted octanol–water partition coefficient (Wildman–Crippen LogP) is 16.5. The van der Waals surface area contributed by atoms with Crippen LogP contribution in [0.25, 0.3) is 106 Å². The Morgan fingerprint density at radius 3 is 1.89 bits per heavy atom. The first kappa shape index (κ1) is 44.2. The number of aromatic nitrogens is 3.